The van der Waals surface area contributed by atoms with Crippen molar-refractivity contribution in [2.24, 2.45) is 0 Å². The molecule has 0 unspecified atom stereocenters. The lowest BCUT2D eigenvalue weighted by molar-refractivity contribution is 0.0897. The first-order valence-corrected chi connectivity index (χ1v) is 8.62. The van der Waals surface area contributed by atoms with Crippen LogP contribution >= 0.6 is 0 Å². The topological polar surface area (TPSA) is 35.6 Å². The van der Waals surface area contributed by atoms with Gasteiger partial charge in [-0.15, -0.1) is 0 Å². The van der Waals surface area contributed by atoms with Crippen molar-refractivity contribution in [2.75, 3.05) is 26.2 Å². The zero-order valence-electron chi connectivity index (χ0n) is 12.6. The van der Waals surface area contributed by atoms with E-state index in [1.807, 2.05) is 4.90 Å². The standard InChI is InChI=1S/C16H29N3O/c20-16(17-14-6-4-5-7-14)19-12-10-18(11-13-19)15-8-2-1-3-9-15/h14-15H,1-13H2,(H,17,20). The number of nitrogens with one attached hydrogen (secondary N) is 1. The summed E-state index contributed by atoms with van der Waals surface area (Å²) in [6.45, 7) is 3.97. The van der Waals surface area contributed by atoms with Crippen molar-refractivity contribution >= 4 is 6.03 Å². The Labute approximate surface area is 122 Å². The molecule has 1 aliphatic heterocycles. The summed E-state index contributed by atoms with van der Waals surface area (Å²) in [5.41, 5.74) is 0. The van der Waals surface area contributed by atoms with Gasteiger partial charge in [-0.1, -0.05) is 32.1 Å². The minimum absolute atomic E-state index is 0.181. The fraction of sp³-hybridized carbons (Fsp3) is 0.938. The predicted molar refractivity (Wildman–Crippen MR) is 80.8 cm³/mol. The molecule has 4 heteroatoms. The van der Waals surface area contributed by atoms with Crippen molar-refractivity contribution in [1.29, 1.82) is 0 Å². The summed E-state index contributed by atoms with van der Waals surface area (Å²) in [7, 11) is 0. The summed E-state index contributed by atoms with van der Waals surface area (Å²) in [6.07, 6.45) is 11.9. The van der Waals surface area contributed by atoms with E-state index in [1.165, 1.54) is 57.8 Å². The number of rotatable bonds is 2. The summed E-state index contributed by atoms with van der Waals surface area (Å²) in [5, 5.41) is 3.21. The molecule has 2 aliphatic carbocycles. The molecule has 0 spiro atoms. The number of carbonyl (C=O) groups is 1. The molecule has 3 fully saturated rings. The molecule has 3 rings (SSSR count). The summed E-state index contributed by atoms with van der Waals surface area (Å²) >= 11 is 0. The first-order valence-electron chi connectivity index (χ1n) is 8.62. The van der Waals surface area contributed by atoms with Crippen LogP contribution in [0.3, 0.4) is 0 Å². The van der Waals surface area contributed by atoms with Crippen molar-refractivity contribution in [3.05, 3.63) is 0 Å². The second-order valence-electron chi connectivity index (χ2n) is 6.75. The zero-order chi connectivity index (χ0) is 13.8. The third kappa shape index (κ3) is 3.46. The first-order chi connectivity index (χ1) is 9.83. The van der Waals surface area contributed by atoms with Crippen LogP contribution in [0, 0.1) is 0 Å². The van der Waals surface area contributed by atoms with Gasteiger partial charge in [-0.05, 0) is 25.7 Å². The number of nitrogens with zero attached hydrogens (tertiary/aromatic N) is 2. The van der Waals surface area contributed by atoms with Gasteiger partial charge in [0.05, 0.1) is 0 Å². The first kappa shape index (κ1) is 14.2. The maximum Gasteiger partial charge on any atom is 0.317 e. The van der Waals surface area contributed by atoms with E-state index >= 15 is 0 Å². The number of urea groups is 1. The number of hydrogen-bond acceptors (Lipinski definition) is 2. The molecule has 1 heterocycles. The van der Waals surface area contributed by atoms with Gasteiger partial charge >= 0.3 is 6.03 Å². The van der Waals surface area contributed by atoms with Crippen molar-refractivity contribution < 1.29 is 4.79 Å². The molecule has 0 aromatic carbocycles. The summed E-state index contributed by atoms with van der Waals surface area (Å²) in [5.74, 6) is 0. The molecular formula is C16H29N3O. The Bertz CT molecular complexity index is 314. The van der Waals surface area contributed by atoms with Crippen LogP contribution in [0.15, 0.2) is 0 Å². The van der Waals surface area contributed by atoms with Gasteiger partial charge in [0.25, 0.3) is 0 Å². The normalized spacial score (nSPS) is 26.9. The van der Waals surface area contributed by atoms with Gasteiger partial charge in [-0.3, -0.25) is 4.90 Å². The van der Waals surface area contributed by atoms with Gasteiger partial charge in [-0.2, -0.15) is 0 Å². The molecule has 4 nitrogen and oxygen atoms in total. The Hall–Kier alpha value is -0.770. The van der Waals surface area contributed by atoms with Crippen LogP contribution in [0.1, 0.15) is 57.8 Å². The number of carbonyl (C=O) groups excluding carboxylic acids is 1. The lowest BCUT2D eigenvalue weighted by atomic mass is 9.94. The molecule has 3 aliphatic rings. The maximum absolute atomic E-state index is 12.2. The minimum atomic E-state index is 0.181. The lowest BCUT2D eigenvalue weighted by Crippen LogP contribution is -2.55. The summed E-state index contributed by atoms with van der Waals surface area (Å²) in [6, 6.07) is 1.42. The Balaban J connectivity index is 1.41. The smallest absolute Gasteiger partial charge is 0.317 e. The minimum Gasteiger partial charge on any atom is -0.335 e. The van der Waals surface area contributed by atoms with Crippen LogP contribution in [0.25, 0.3) is 0 Å². The highest BCUT2D eigenvalue weighted by molar-refractivity contribution is 5.74. The van der Waals surface area contributed by atoms with E-state index in [1.54, 1.807) is 0 Å². The molecule has 0 bridgehead atoms. The monoisotopic (exact) mass is 279 g/mol. The SMILES string of the molecule is O=C(NC1CCCC1)N1CCN(C2CCCCC2)CC1. The van der Waals surface area contributed by atoms with Crippen LogP contribution in [0.5, 0.6) is 0 Å². The summed E-state index contributed by atoms with van der Waals surface area (Å²) < 4.78 is 0. The molecule has 0 aromatic heterocycles. The van der Waals surface area contributed by atoms with E-state index in [0.717, 1.165) is 32.2 Å². The van der Waals surface area contributed by atoms with E-state index in [4.69, 9.17) is 0 Å². The fourth-order valence-electron chi connectivity index (χ4n) is 4.07. The van der Waals surface area contributed by atoms with Crippen LogP contribution in [0.2, 0.25) is 0 Å². The third-order valence-electron chi connectivity index (χ3n) is 5.38. The molecule has 2 saturated carbocycles. The zero-order valence-corrected chi connectivity index (χ0v) is 12.6. The van der Waals surface area contributed by atoms with E-state index in [2.05, 4.69) is 10.2 Å². The van der Waals surface area contributed by atoms with Gasteiger partial charge in [0.1, 0.15) is 0 Å². The van der Waals surface area contributed by atoms with Crippen LogP contribution in [-0.2, 0) is 0 Å². The van der Waals surface area contributed by atoms with Gasteiger partial charge in [-0.25, -0.2) is 4.79 Å². The molecule has 20 heavy (non-hydrogen) atoms. The predicted octanol–water partition coefficient (Wildman–Crippen LogP) is 2.59. The van der Waals surface area contributed by atoms with Crippen molar-refractivity contribution in [1.82, 2.24) is 15.1 Å². The molecule has 114 valence electrons. The quantitative estimate of drug-likeness (QED) is 0.843. The van der Waals surface area contributed by atoms with Gasteiger partial charge < -0.3 is 10.2 Å². The van der Waals surface area contributed by atoms with Crippen LogP contribution in [0.4, 0.5) is 4.79 Å². The third-order valence-corrected chi connectivity index (χ3v) is 5.38. The average molecular weight is 279 g/mol. The molecular weight excluding hydrogens is 250 g/mol. The van der Waals surface area contributed by atoms with E-state index in [-0.39, 0.29) is 6.03 Å². The second-order valence-corrected chi connectivity index (χ2v) is 6.75. The average Bonchev–Trinajstić information content (AvgIpc) is 3.01. The maximum atomic E-state index is 12.2. The van der Waals surface area contributed by atoms with Crippen molar-refractivity contribution in [2.45, 2.75) is 69.9 Å². The highest BCUT2D eigenvalue weighted by atomic mass is 16.2. The van der Waals surface area contributed by atoms with Crippen LogP contribution in [-0.4, -0.2) is 54.1 Å². The lowest BCUT2D eigenvalue weighted by Gasteiger charge is -2.40. The molecule has 1 N–H and O–H groups in total. The van der Waals surface area contributed by atoms with Gasteiger partial charge in [0.15, 0.2) is 0 Å². The van der Waals surface area contributed by atoms with Crippen molar-refractivity contribution in [3.8, 4) is 0 Å². The Morgan fingerprint density at radius 1 is 0.800 bits per heavy atom. The molecule has 0 atom stereocenters. The van der Waals surface area contributed by atoms with Crippen LogP contribution < -0.4 is 5.32 Å². The van der Waals surface area contributed by atoms with Gasteiger partial charge in [0, 0.05) is 38.3 Å². The second kappa shape index (κ2) is 6.79. The van der Waals surface area contributed by atoms with Gasteiger partial charge in [0.2, 0.25) is 0 Å². The number of piperazine rings is 1. The number of hydrogen-bond donors (Lipinski definition) is 1. The molecule has 1 saturated heterocycles. The molecule has 0 radical (unpaired) electrons. The fourth-order valence-corrected chi connectivity index (χ4v) is 4.07. The Morgan fingerprint density at radius 3 is 2.05 bits per heavy atom. The van der Waals surface area contributed by atoms with E-state index in [0.29, 0.717) is 6.04 Å². The summed E-state index contributed by atoms with van der Waals surface area (Å²) in [4.78, 5) is 16.9. The van der Waals surface area contributed by atoms with Crippen molar-refractivity contribution in [3.63, 3.8) is 0 Å². The van der Waals surface area contributed by atoms with E-state index in [9.17, 15) is 4.79 Å². The number of amides is 2. The highest BCUT2D eigenvalue weighted by Crippen LogP contribution is 2.23. The molecule has 0 aromatic rings. The Morgan fingerprint density at radius 2 is 1.40 bits per heavy atom. The largest absolute Gasteiger partial charge is 0.335 e. The Kier molecular flexibility index (Phi) is 4.81. The molecule has 2 amide bonds. The highest BCUT2D eigenvalue weighted by Gasteiger charge is 2.28. The van der Waals surface area contributed by atoms with E-state index < -0.39 is 0 Å².